The zero-order chi connectivity index (χ0) is 24.2. The van der Waals surface area contributed by atoms with E-state index < -0.39 is 23.5 Å². The van der Waals surface area contributed by atoms with E-state index in [0.717, 1.165) is 6.07 Å². The summed E-state index contributed by atoms with van der Waals surface area (Å²) in [5.41, 5.74) is 0.655. The second kappa shape index (κ2) is 8.74. The Kier molecular flexibility index (Phi) is 6.03. The highest BCUT2D eigenvalue weighted by Crippen LogP contribution is 2.44. The molecule has 3 aromatic rings. The molecule has 2 aromatic heterocycles. The molecule has 4 heterocycles. The molecule has 0 spiro atoms. The average molecular weight is 533 g/mol. The zero-order valence-corrected chi connectivity index (χ0v) is 19.8. The number of aromatic nitrogens is 1. The third-order valence-corrected chi connectivity index (χ3v) is 8.45. The van der Waals surface area contributed by atoms with Crippen LogP contribution in [0, 0.1) is 5.82 Å². The first-order chi connectivity index (χ1) is 16.1. The molecule has 0 unspecified atom stereocenters. The quantitative estimate of drug-likeness (QED) is 0.468. The number of rotatable bonds is 3. The van der Waals surface area contributed by atoms with Crippen LogP contribution in [0.15, 0.2) is 23.0 Å². The van der Waals surface area contributed by atoms with E-state index in [1.807, 2.05) is 0 Å². The molecular formula is C21H17ClF4N4O2S2. The summed E-state index contributed by atoms with van der Waals surface area (Å²) in [5, 5.41) is 1.64. The van der Waals surface area contributed by atoms with Crippen LogP contribution in [0.3, 0.4) is 0 Å². The summed E-state index contributed by atoms with van der Waals surface area (Å²) in [7, 11) is 0. The number of hydrogen-bond donors (Lipinski definition) is 0. The lowest BCUT2D eigenvalue weighted by atomic mass is 10.1. The van der Waals surface area contributed by atoms with Crippen molar-refractivity contribution < 1.29 is 27.2 Å². The number of piperazine rings is 1. The van der Waals surface area contributed by atoms with Crippen molar-refractivity contribution in [2.45, 2.75) is 12.2 Å². The highest BCUT2D eigenvalue weighted by molar-refractivity contribution is 7.21. The number of carbonyl (C=O) groups is 2. The van der Waals surface area contributed by atoms with Crippen molar-refractivity contribution in [3.8, 4) is 0 Å². The Morgan fingerprint density at radius 1 is 1.06 bits per heavy atom. The van der Waals surface area contributed by atoms with Gasteiger partial charge in [0.15, 0.2) is 0 Å². The average Bonchev–Trinajstić information content (AvgIpc) is 3.40. The minimum Gasteiger partial charge on any atom is -0.335 e. The largest absolute Gasteiger partial charge is 0.420 e. The molecular weight excluding hydrogens is 516 g/mol. The van der Waals surface area contributed by atoms with Gasteiger partial charge in [0.1, 0.15) is 22.0 Å². The van der Waals surface area contributed by atoms with Crippen molar-refractivity contribution in [2.75, 3.05) is 39.3 Å². The molecule has 2 aliphatic rings. The summed E-state index contributed by atoms with van der Waals surface area (Å²) in [5.74, 6) is -1.96. The minimum atomic E-state index is -4.90. The lowest BCUT2D eigenvalue weighted by Crippen LogP contribution is -2.64. The van der Waals surface area contributed by atoms with E-state index in [9.17, 15) is 27.2 Å². The lowest BCUT2D eigenvalue weighted by molar-refractivity contribution is -0.138. The maximum atomic E-state index is 13.9. The van der Waals surface area contributed by atoms with Gasteiger partial charge in [-0.2, -0.15) is 13.2 Å². The molecule has 13 heteroatoms. The fourth-order valence-corrected chi connectivity index (χ4v) is 6.43. The van der Waals surface area contributed by atoms with Gasteiger partial charge < -0.3 is 9.80 Å². The fraction of sp³-hybridized carbons (Fsp3) is 0.381. The summed E-state index contributed by atoms with van der Waals surface area (Å²) < 4.78 is 53.6. The first-order valence-electron chi connectivity index (χ1n) is 10.3. The van der Waals surface area contributed by atoms with E-state index in [0.29, 0.717) is 56.3 Å². The Morgan fingerprint density at radius 3 is 2.38 bits per heavy atom. The molecule has 2 fully saturated rings. The lowest BCUT2D eigenvalue weighted by Gasteiger charge is -2.48. The molecule has 0 bridgehead atoms. The Morgan fingerprint density at radius 2 is 1.76 bits per heavy atom. The monoisotopic (exact) mass is 532 g/mol. The molecule has 0 saturated carbocycles. The van der Waals surface area contributed by atoms with E-state index in [2.05, 4.69) is 9.88 Å². The zero-order valence-electron chi connectivity index (χ0n) is 17.4. The summed E-state index contributed by atoms with van der Waals surface area (Å²) in [6.45, 7) is 3.22. The number of hydrogen-bond acceptors (Lipinski definition) is 6. The third kappa shape index (κ3) is 4.06. The van der Waals surface area contributed by atoms with Gasteiger partial charge in [0, 0.05) is 56.1 Å². The number of likely N-dealkylation sites (tertiary alicyclic amines) is 1. The molecule has 34 heavy (non-hydrogen) atoms. The predicted molar refractivity (Wildman–Crippen MR) is 121 cm³/mol. The SMILES string of the molecule is O=C(c1cscn1)N1CCN(C2CN(C(=O)c3sc4c(C(F)(F)F)c(F)ccc4c3Cl)C2)CC1. The van der Waals surface area contributed by atoms with Gasteiger partial charge in [0.2, 0.25) is 0 Å². The van der Waals surface area contributed by atoms with Crippen LogP contribution >= 0.6 is 34.3 Å². The molecule has 2 amide bonds. The first kappa shape index (κ1) is 23.5. The van der Waals surface area contributed by atoms with Crippen LogP contribution < -0.4 is 0 Å². The van der Waals surface area contributed by atoms with Crippen LogP contribution in [0.4, 0.5) is 17.6 Å². The molecule has 0 aliphatic carbocycles. The van der Waals surface area contributed by atoms with Crippen LogP contribution in [-0.2, 0) is 6.18 Å². The summed E-state index contributed by atoms with van der Waals surface area (Å²) in [4.78, 5) is 34.9. The van der Waals surface area contributed by atoms with E-state index in [4.69, 9.17) is 11.6 Å². The molecule has 0 N–H and O–H groups in total. The number of halogens is 5. The Bertz CT molecular complexity index is 1250. The molecule has 6 nitrogen and oxygen atoms in total. The number of carbonyl (C=O) groups excluding carboxylic acids is 2. The van der Waals surface area contributed by atoms with Crippen LogP contribution in [-0.4, -0.2) is 76.8 Å². The summed E-state index contributed by atoms with van der Waals surface area (Å²) >= 11 is 8.18. The Balaban J connectivity index is 1.24. The molecule has 2 aliphatic heterocycles. The number of thiazole rings is 1. The van der Waals surface area contributed by atoms with E-state index in [1.54, 1.807) is 15.8 Å². The van der Waals surface area contributed by atoms with Crippen molar-refractivity contribution in [2.24, 2.45) is 0 Å². The van der Waals surface area contributed by atoms with Gasteiger partial charge in [-0.1, -0.05) is 11.6 Å². The maximum absolute atomic E-state index is 13.9. The number of fused-ring (bicyclic) bond motifs is 1. The Labute approximate surface area is 204 Å². The number of nitrogens with zero attached hydrogens (tertiary/aromatic N) is 4. The molecule has 180 valence electrons. The van der Waals surface area contributed by atoms with Gasteiger partial charge >= 0.3 is 6.18 Å². The van der Waals surface area contributed by atoms with Crippen molar-refractivity contribution in [1.29, 1.82) is 0 Å². The van der Waals surface area contributed by atoms with E-state index in [1.165, 1.54) is 22.3 Å². The maximum Gasteiger partial charge on any atom is 0.420 e. The van der Waals surface area contributed by atoms with E-state index >= 15 is 0 Å². The van der Waals surface area contributed by atoms with Crippen LogP contribution in [0.1, 0.15) is 25.7 Å². The minimum absolute atomic E-state index is 0.0155. The van der Waals surface area contributed by atoms with E-state index in [-0.39, 0.29) is 31.9 Å². The summed E-state index contributed by atoms with van der Waals surface area (Å²) in [6, 6.07) is 1.98. The fourth-order valence-electron chi connectivity index (χ4n) is 4.27. The topological polar surface area (TPSA) is 56.8 Å². The predicted octanol–water partition coefficient (Wildman–Crippen LogP) is 4.45. The molecule has 5 rings (SSSR count). The molecule has 0 atom stereocenters. The molecule has 2 saturated heterocycles. The van der Waals surface area contributed by atoms with Gasteiger partial charge in [-0.3, -0.25) is 14.5 Å². The normalized spacial score (nSPS) is 17.9. The van der Waals surface area contributed by atoms with Crippen molar-refractivity contribution >= 4 is 56.2 Å². The number of amides is 2. The smallest absolute Gasteiger partial charge is 0.335 e. The van der Waals surface area contributed by atoms with Crippen molar-refractivity contribution in [3.63, 3.8) is 0 Å². The number of benzene rings is 1. The first-order valence-corrected chi connectivity index (χ1v) is 12.5. The van der Waals surface area contributed by atoms with Crippen LogP contribution in [0.2, 0.25) is 5.02 Å². The van der Waals surface area contributed by atoms with Crippen molar-refractivity contribution in [1.82, 2.24) is 19.7 Å². The van der Waals surface area contributed by atoms with Crippen LogP contribution in [0.5, 0.6) is 0 Å². The molecule has 1 aromatic carbocycles. The highest BCUT2D eigenvalue weighted by Gasteiger charge is 2.41. The van der Waals surface area contributed by atoms with Gasteiger partial charge in [-0.25, -0.2) is 9.37 Å². The second-order valence-electron chi connectivity index (χ2n) is 8.11. The van der Waals surface area contributed by atoms with Gasteiger partial charge in [0.25, 0.3) is 11.8 Å². The van der Waals surface area contributed by atoms with Gasteiger partial charge in [-0.05, 0) is 12.1 Å². The second-order valence-corrected chi connectivity index (χ2v) is 10.2. The van der Waals surface area contributed by atoms with Crippen LogP contribution in [0.25, 0.3) is 10.1 Å². The standard InChI is InChI=1S/C21H17ClF4N4O2S2/c22-16-12-1-2-13(23)15(21(24,25)26)17(12)34-18(16)20(32)30-7-11(8-30)28-3-5-29(6-4-28)19(31)14-9-33-10-27-14/h1-2,9-11H,3-8H2. The number of thiophene rings is 1. The summed E-state index contributed by atoms with van der Waals surface area (Å²) in [6.07, 6.45) is -4.90. The number of alkyl halides is 3. The highest BCUT2D eigenvalue weighted by atomic mass is 35.5. The van der Waals surface area contributed by atoms with Gasteiger partial charge in [0.05, 0.1) is 15.2 Å². The Hall–Kier alpha value is -2.28. The third-order valence-electron chi connectivity index (χ3n) is 6.14. The van der Waals surface area contributed by atoms with Crippen molar-refractivity contribution in [3.05, 3.63) is 50.0 Å². The molecule has 0 radical (unpaired) electrons. The van der Waals surface area contributed by atoms with Gasteiger partial charge in [-0.15, -0.1) is 22.7 Å².